The molecule has 278 valence electrons. The minimum atomic E-state index is -0.314. The molecule has 0 bridgehead atoms. The first-order valence-corrected chi connectivity index (χ1v) is 20.3. The molecule has 0 spiro atoms. The molecule has 5 nitrogen and oxygen atoms in total. The maximum absolute atomic E-state index is 6.98. The van der Waals surface area contributed by atoms with E-state index < -0.39 is 0 Å². The van der Waals surface area contributed by atoms with Crippen molar-refractivity contribution in [2.45, 2.75) is 0 Å². The van der Waals surface area contributed by atoms with Gasteiger partial charge in [-0.05, 0) is 107 Å². The minimum Gasteiger partial charge on any atom is -0.551 e. The summed E-state index contributed by atoms with van der Waals surface area (Å²) in [6, 6.07) is 64.1. The van der Waals surface area contributed by atoms with Crippen LogP contribution in [0, 0.1) is 0 Å². The molecule has 0 saturated heterocycles. The smallest absolute Gasteiger partial charge is 0.434 e. The number of hydrogen-bond acceptors (Lipinski definition) is 4. The van der Waals surface area contributed by atoms with E-state index >= 15 is 0 Å². The molecule has 2 aliphatic rings. The lowest BCUT2D eigenvalue weighted by Gasteiger charge is -2.33. The molecule has 0 atom stereocenters. The summed E-state index contributed by atoms with van der Waals surface area (Å²) in [5, 5.41) is 6.69. The molecule has 0 amide bonds. The lowest BCUT2D eigenvalue weighted by atomic mass is 9.50. The van der Waals surface area contributed by atoms with Gasteiger partial charge in [-0.15, -0.1) is 0 Å². The second-order valence-corrected chi connectivity index (χ2v) is 15.9. The molecule has 0 fully saturated rings. The molecule has 9 aromatic carbocycles. The summed E-state index contributed by atoms with van der Waals surface area (Å²) in [7, 11) is 0. The van der Waals surface area contributed by atoms with Gasteiger partial charge >= 0.3 is 6.92 Å². The van der Waals surface area contributed by atoms with Crippen molar-refractivity contribution < 1.29 is 18.2 Å². The number of rotatable bonds is 3. The number of fused-ring (bicyclic) bond motifs is 14. The number of aromatic nitrogens is 1. The average Bonchev–Trinajstić information content (AvgIpc) is 3.98. The average molecular weight is 768 g/mol. The van der Waals surface area contributed by atoms with E-state index in [0.29, 0.717) is 0 Å². The summed E-state index contributed by atoms with van der Waals surface area (Å²) in [6.07, 6.45) is 0. The van der Waals surface area contributed by atoms with E-state index in [1.54, 1.807) is 0 Å². The van der Waals surface area contributed by atoms with Crippen LogP contribution in [0.3, 0.4) is 0 Å². The van der Waals surface area contributed by atoms with E-state index in [9.17, 15) is 0 Å². The second-order valence-electron chi connectivity index (χ2n) is 15.9. The van der Waals surface area contributed by atoms with Crippen LogP contribution in [0.15, 0.2) is 191 Å². The van der Waals surface area contributed by atoms with Crippen molar-refractivity contribution in [3.05, 3.63) is 182 Å². The van der Waals surface area contributed by atoms with Crippen molar-refractivity contribution in [2.75, 3.05) is 0 Å². The quantitative estimate of drug-likeness (QED) is 0.168. The molecule has 2 aliphatic heterocycles. The monoisotopic (exact) mass is 767 g/mol. The van der Waals surface area contributed by atoms with Gasteiger partial charge in [-0.2, -0.15) is 0 Å². The van der Waals surface area contributed by atoms with E-state index in [4.69, 9.17) is 18.2 Å². The number of furan rings is 2. The van der Waals surface area contributed by atoms with Gasteiger partial charge in [0.25, 0.3) is 0 Å². The van der Waals surface area contributed by atoms with Gasteiger partial charge in [0.15, 0.2) is 0 Å². The van der Waals surface area contributed by atoms with Crippen LogP contribution in [-0.4, -0.2) is 11.5 Å². The van der Waals surface area contributed by atoms with Crippen molar-refractivity contribution in [3.8, 4) is 56.3 Å². The Kier molecular flexibility index (Phi) is 6.31. The summed E-state index contributed by atoms with van der Waals surface area (Å²) in [6.45, 7) is -0.314. The Hall–Kier alpha value is -7.96. The minimum absolute atomic E-state index is 0.314. The fourth-order valence-corrected chi connectivity index (χ4v) is 9.95. The number of nitrogens with zero attached hydrogens (tertiary/aromatic N) is 1. The highest BCUT2D eigenvalue weighted by molar-refractivity contribution is 6.84. The third-order valence-electron chi connectivity index (χ3n) is 12.7. The van der Waals surface area contributed by atoms with Gasteiger partial charge in [0.05, 0.1) is 16.4 Å². The molecule has 60 heavy (non-hydrogen) atoms. The number of ether oxygens (including phenoxy) is 1. The Morgan fingerprint density at radius 1 is 0.400 bits per heavy atom. The highest BCUT2D eigenvalue weighted by atomic mass is 16.5. The SMILES string of the molecule is c1cc(-c2ccc3c(c2)Oc2cc(-c4ccc5c(c4)oc4c5ccc5oc6ccccc6c54)cc4c2B3Oc2ccccc2-4)cc(-n2c3ccccc3c3ccccc32)c1. The zero-order valence-electron chi connectivity index (χ0n) is 32.0. The Morgan fingerprint density at radius 2 is 1.12 bits per heavy atom. The Labute approximate surface area is 343 Å². The van der Waals surface area contributed by atoms with Crippen molar-refractivity contribution >= 4 is 83.5 Å². The summed E-state index contributed by atoms with van der Waals surface area (Å²) >= 11 is 0. The fraction of sp³-hybridized carbons (Fsp3) is 0. The van der Waals surface area contributed by atoms with Crippen LogP contribution >= 0.6 is 0 Å². The number of benzene rings is 9. The Morgan fingerprint density at radius 3 is 2.00 bits per heavy atom. The molecule has 3 aromatic heterocycles. The molecule has 0 N–H and O–H groups in total. The van der Waals surface area contributed by atoms with Crippen molar-refractivity contribution in [2.24, 2.45) is 0 Å². The van der Waals surface area contributed by atoms with Crippen LogP contribution in [0.5, 0.6) is 17.2 Å². The first-order valence-electron chi connectivity index (χ1n) is 20.3. The summed E-state index contributed by atoms with van der Waals surface area (Å²) in [5.41, 5.74) is 15.3. The zero-order chi connectivity index (χ0) is 39.1. The van der Waals surface area contributed by atoms with Gasteiger partial charge in [-0.25, -0.2) is 0 Å². The molecule has 0 saturated carbocycles. The molecule has 0 aliphatic carbocycles. The van der Waals surface area contributed by atoms with Crippen molar-refractivity contribution in [1.29, 1.82) is 0 Å². The molecule has 0 radical (unpaired) electrons. The molecular formula is C54H30BNO4. The van der Waals surface area contributed by atoms with Gasteiger partial charge in [0, 0.05) is 49.1 Å². The van der Waals surface area contributed by atoms with Crippen LogP contribution < -0.4 is 20.3 Å². The van der Waals surface area contributed by atoms with Gasteiger partial charge in [0.2, 0.25) is 0 Å². The lowest BCUT2D eigenvalue weighted by molar-refractivity contribution is 0.480. The second kappa shape index (κ2) is 11.8. The predicted octanol–water partition coefficient (Wildman–Crippen LogP) is 13.2. The summed E-state index contributed by atoms with van der Waals surface area (Å²) < 4.78 is 29.1. The van der Waals surface area contributed by atoms with Crippen LogP contribution in [0.2, 0.25) is 0 Å². The van der Waals surface area contributed by atoms with E-state index in [-0.39, 0.29) is 6.92 Å². The first-order chi connectivity index (χ1) is 29.7. The zero-order valence-corrected chi connectivity index (χ0v) is 32.0. The topological polar surface area (TPSA) is 49.7 Å². The third kappa shape index (κ3) is 4.42. The lowest BCUT2D eigenvalue weighted by Crippen LogP contribution is -2.53. The van der Waals surface area contributed by atoms with E-state index in [0.717, 1.165) is 111 Å². The maximum atomic E-state index is 6.98. The Balaban J connectivity index is 0.899. The number of para-hydroxylation sites is 4. The molecule has 5 heterocycles. The van der Waals surface area contributed by atoms with Gasteiger partial charge in [-0.1, -0.05) is 103 Å². The van der Waals surface area contributed by atoms with Crippen molar-refractivity contribution in [1.82, 2.24) is 4.57 Å². The normalized spacial score (nSPS) is 12.9. The van der Waals surface area contributed by atoms with Crippen LogP contribution in [0.25, 0.3) is 105 Å². The third-order valence-corrected chi connectivity index (χ3v) is 12.7. The fourth-order valence-electron chi connectivity index (χ4n) is 9.95. The summed E-state index contributed by atoms with van der Waals surface area (Å²) in [5.74, 6) is 2.44. The van der Waals surface area contributed by atoms with Gasteiger partial charge in [0.1, 0.15) is 39.6 Å². The van der Waals surface area contributed by atoms with Gasteiger partial charge < -0.3 is 22.8 Å². The summed E-state index contributed by atoms with van der Waals surface area (Å²) in [4.78, 5) is 0. The van der Waals surface area contributed by atoms with Crippen LogP contribution in [-0.2, 0) is 0 Å². The van der Waals surface area contributed by atoms with E-state index in [1.807, 2.05) is 30.3 Å². The molecular weight excluding hydrogens is 737 g/mol. The van der Waals surface area contributed by atoms with Crippen LogP contribution in [0.1, 0.15) is 0 Å². The van der Waals surface area contributed by atoms with Crippen LogP contribution in [0.4, 0.5) is 0 Å². The first kappa shape index (κ1) is 32.1. The van der Waals surface area contributed by atoms with Crippen molar-refractivity contribution in [3.63, 3.8) is 0 Å². The standard InChI is InChI=1S/C54H30BNO4/c1-5-16-44-36(12-1)37-13-2-6-17-45(37)56(44)35-11-9-10-31(26-35)32-21-24-43-50(29-32)58-51-30-34(27-42-38-14-3-8-19-47(38)60-55(43)53(42)51)33-20-22-39-40-23-25-48-52(54(40)59-49(39)28-33)41-15-4-7-18-46(41)57-48/h1-30H. The largest absolute Gasteiger partial charge is 0.551 e. The van der Waals surface area contributed by atoms with Gasteiger partial charge in [-0.3, -0.25) is 0 Å². The highest BCUT2D eigenvalue weighted by Crippen LogP contribution is 2.44. The molecule has 12 aromatic rings. The number of hydrogen-bond donors (Lipinski definition) is 0. The van der Waals surface area contributed by atoms with E-state index in [2.05, 4.69) is 156 Å². The molecule has 0 unspecified atom stereocenters. The van der Waals surface area contributed by atoms with E-state index in [1.165, 1.54) is 21.8 Å². The maximum Gasteiger partial charge on any atom is 0.434 e. The predicted molar refractivity (Wildman–Crippen MR) is 244 cm³/mol. The molecule has 6 heteroatoms. The Bertz CT molecular complexity index is 3760. The molecule has 14 rings (SSSR count). The highest BCUT2D eigenvalue weighted by Gasteiger charge is 2.41.